The molecule has 0 aromatic carbocycles. The highest BCUT2D eigenvalue weighted by molar-refractivity contribution is 5.09. The van der Waals surface area contributed by atoms with Crippen molar-refractivity contribution in [2.45, 2.75) is 45.6 Å². The molecule has 1 aromatic rings. The van der Waals surface area contributed by atoms with E-state index in [9.17, 15) is 5.11 Å². The zero-order valence-corrected chi connectivity index (χ0v) is 8.88. The molecule has 0 atom stereocenters. The second kappa shape index (κ2) is 2.84. The van der Waals surface area contributed by atoms with E-state index in [2.05, 4.69) is 4.98 Å². The summed E-state index contributed by atoms with van der Waals surface area (Å²) in [6.07, 6.45) is 1.51. The Bertz CT molecular complexity index is 260. The third-order valence-electron chi connectivity index (χ3n) is 1.77. The van der Waals surface area contributed by atoms with Crippen LogP contribution in [-0.2, 0) is 11.0 Å². The standard InChI is InChI=1S/C10H17NO2/c1-9(2,3)8-11-7(6-13-8)10(4,5)12/h6,12H,1-5H3. The highest BCUT2D eigenvalue weighted by atomic mass is 16.3. The van der Waals surface area contributed by atoms with Crippen molar-refractivity contribution in [3.8, 4) is 0 Å². The van der Waals surface area contributed by atoms with Gasteiger partial charge in [-0.05, 0) is 13.8 Å². The maximum Gasteiger partial charge on any atom is 0.199 e. The molecule has 3 heteroatoms. The lowest BCUT2D eigenvalue weighted by Crippen LogP contribution is -2.17. The van der Waals surface area contributed by atoms with Crippen LogP contribution in [-0.4, -0.2) is 10.1 Å². The first kappa shape index (κ1) is 10.3. The molecule has 3 nitrogen and oxygen atoms in total. The predicted octanol–water partition coefficient (Wildman–Crippen LogP) is 2.20. The van der Waals surface area contributed by atoms with Gasteiger partial charge in [0.05, 0.1) is 0 Å². The van der Waals surface area contributed by atoms with E-state index in [0.717, 1.165) is 0 Å². The van der Waals surface area contributed by atoms with Crippen LogP contribution in [0.1, 0.15) is 46.2 Å². The Balaban J connectivity index is 3.01. The van der Waals surface area contributed by atoms with Gasteiger partial charge in [0, 0.05) is 5.41 Å². The van der Waals surface area contributed by atoms with Crippen molar-refractivity contribution >= 4 is 0 Å². The van der Waals surface area contributed by atoms with Gasteiger partial charge in [0.15, 0.2) is 5.89 Å². The normalized spacial score (nSPS) is 13.4. The minimum absolute atomic E-state index is 0.108. The van der Waals surface area contributed by atoms with Crippen LogP contribution in [0.25, 0.3) is 0 Å². The molecule has 0 spiro atoms. The minimum atomic E-state index is -0.924. The quantitative estimate of drug-likeness (QED) is 0.726. The first-order chi connectivity index (χ1) is 5.71. The van der Waals surface area contributed by atoms with Gasteiger partial charge in [-0.1, -0.05) is 20.8 Å². The molecule has 0 saturated heterocycles. The summed E-state index contributed by atoms with van der Waals surface area (Å²) < 4.78 is 5.28. The highest BCUT2D eigenvalue weighted by Gasteiger charge is 2.25. The maximum absolute atomic E-state index is 9.65. The predicted molar refractivity (Wildman–Crippen MR) is 50.4 cm³/mol. The molecular weight excluding hydrogens is 166 g/mol. The van der Waals surface area contributed by atoms with Crippen LogP contribution in [0, 0.1) is 0 Å². The Morgan fingerprint density at radius 1 is 1.23 bits per heavy atom. The third kappa shape index (κ3) is 2.31. The summed E-state index contributed by atoms with van der Waals surface area (Å²) in [4.78, 5) is 4.24. The van der Waals surface area contributed by atoms with Crippen molar-refractivity contribution in [2.75, 3.05) is 0 Å². The molecule has 0 bridgehead atoms. The SMILES string of the molecule is CC(C)(C)c1nc(C(C)(C)O)co1. The summed E-state index contributed by atoms with van der Waals surface area (Å²) in [6.45, 7) is 9.45. The molecule has 74 valence electrons. The van der Waals surface area contributed by atoms with Gasteiger partial charge in [-0.25, -0.2) is 4.98 Å². The van der Waals surface area contributed by atoms with Gasteiger partial charge in [0.1, 0.15) is 17.6 Å². The molecule has 0 amide bonds. The molecule has 1 aromatic heterocycles. The van der Waals surface area contributed by atoms with Crippen molar-refractivity contribution in [3.05, 3.63) is 17.8 Å². The van der Waals surface area contributed by atoms with Crippen molar-refractivity contribution in [1.29, 1.82) is 0 Å². The Kier molecular flexibility index (Phi) is 2.24. The molecule has 13 heavy (non-hydrogen) atoms. The topological polar surface area (TPSA) is 46.3 Å². The Morgan fingerprint density at radius 2 is 1.77 bits per heavy atom. The van der Waals surface area contributed by atoms with E-state index in [1.807, 2.05) is 20.8 Å². The number of aliphatic hydroxyl groups is 1. The lowest BCUT2D eigenvalue weighted by Gasteiger charge is -2.14. The van der Waals surface area contributed by atoms with Crippen molar-refractivity contribution < 1.29 is 9.52 Å². The molecule has 0 saturated carbocycles. The zero-order valence-electron chi connectivity index (χ0n) is 8.88. The number of nitrogens with zero attached hydrogens (tertiary/aromatic N) is 1. The molecule has 0 aliphatic rings. The number of rotatable bonds is 1. The number of hydrogen-bond donors (Lipinski definition) is 1. The van der Waals surface area contributed by atoms with Crippen LogP contribution >= 0.6 is 0 Å². The molecule has 0 unspecified atom stereocenters. The molecule has 0 aliphatic heterocycles. The van der Waals surface area contributed by atoms with Gasteiger partial charge in [-0.15, -0.1) is 0 Å². The molecular formula is C10H17NO2. The first-order valence-electron chi connectivity index (χ1n) is 4.40. The van der Waals surface area contributed by atoms with Crippen molar-refractivity contribution in [1.82, 2.24) is 4.98 Å². The van der Waals surface area contributed by atoms with Crippen LogP contribution in [0.4, 0.5) is 0 Å². The average molecular weight is 183 g/mol. The van der Waals surface area contributed by atoms with E-state index in [-0.39, 0.29) is 5.41 Å². The van der Waals surface area contributed by atoms with E-state index in [1.54, 1.807) is 13.8 Å². The second-order valence-electron chi connectivity index (χ2n) is 4.85. The molecule has 0 fully saturated rings. The van der Waals surface area contributed by atoms with Crippen molar-refractivity contribution in [3.63, 3.8) is 0 Å². The molecule has 1 N–H and O–H groups in total. The number of oxazole rings is 1. The zero-order chi connectivity index (χ0) is 10.3. The summed E-state index contributed by atoms with van der Waals surface area (Å²) in [5.41, 5.74) is -0.450. The minimum Gasteiger partial charge on any atom is -0.448 e. The summed E-state index contributed by atoms with van der Waals surface area (Å²) in [5.74, 6) is 0.657. The van der Waals surface area contributed by atoms with E-state index < -0.39 is 5.60 Å². The Labute approximate surface area is 78.8 Å². The van der Waals surface area contributed by atoms with E-state index >= 15 is 0 Å². The largest absolute Gasteiger partial charge is 0.448 e. The first-order valence-corrected chi connectivity index (χ1v) is 4.40. The van der Waals surface area contributed by atoms with Gasteiger partial charge in [-0.2, -0.15) is 0 Å². The second-order valence-corrected chi connectivity index (χ2v) is 4.85. The van der Waals surface area contributed by atoms with Gasteiger partial charge >= 0.3 is 0 Å². The van der Waals surface area contributed by atoms with E-state index in [0.29, 0.717) is 11.6 Å². The lowest BCUT2D eigenvalue weighted by molar-refractivity contribution is 0.0737. The van der Waals surface area contributed by atoms with Crippen LogP contribution in [0.15, 0.2) is 10.7 Å². The summed E-state index contributed by atoms with van der Waals surface area (Å²) in [5, 5.41) is 9.65. The summed E-state index contributed by atoms with van der Waals surface area (Å²) in [7, 11) is 0. The van der Waals surface area contributed by atoms with Crippen molar-refractivity contribution in [2.24, 2.45) is 0 Å². The van der Waals surface area contributed by atoms with Gasteiger partial charge in [0.2, 0.25) is 0 Å². The number of hydrogen-bond acceptors (Lipinski definition) is 3. The third-order valence-corrected chi connectivity index (χ3v) is 1.77. The molecule has 0 aliphatic carbocycles. The monoisotopic (exact) mass is 183 g/mol. The van der Waals surface area contributed by atoms with E-state index in [1.165, 1.54) is 6.26 Å². The number of aromatic nitrogens is 1. The smallest absolute Gasteiger partial charge is 0.199 e. The Morgan fingerprint density at radius 3 is 2.00 bits per heavy atom. The maximum atomic E-state index is 9.65. The molecule has 1 heterocycles. The van der Waals surface area contributed by atoms with Gasteiger partial charge in [-0.3, -0.25) is 0 Å². The fourth-order valence-electron chi connectivity index (χ4n) is 0.899. The lowest BCUT2D eigenvalue weighted by atomic mass is 9.97. The van der Waals surface area contributed by atoms with Crippen LogP contribution in [0.5, 0.6) is 0 Å². The summed E-state index contributed by atoms with van der Waals surface area (Å²) >= 11 is 0. The van der Waals surface area contributed by atoms with Crippen LogP contribution < -0.4 is 0 Å². The fourth-order valence-corrected chi connectivity index (χ4v) is 0.899. The average Bonchev–Trinajstić information content (AvgIpc) is 2.28. The Hall–Kier alpha value is -0.830. The molecule has 0 radical (unpaired) electrons. The van der Waals surface area contributed by atoms with E-state index in [4.69, 9.17) is 4.42 Å². The van der Waals surface area contributed by atoms with Gasteiger partial charge in [0.25, 0.3) is 0 Å². The van der Waals surface area contributed by atoms with Crippen LogP contribution in [0.2, 0.25) is 0 Å². The molecule has 1 rings (SSSR count). The fraction of sp³-hybridized carbons (Fsp3) is 0.700. The summed E-state index contributed by atoms with van der Waals surface area (Å²) in [6, 6.07) is 0. The van der Waals surface area contributed by atoms with Crippen LogP contribution in [0.3, 0.4) is 0 Å². The van der Waals surface area contributed by atoms with Gasteiger partial charge < -0.3 is 9.52 Å². The highest BCUT2D eigenvalue weighted by Crippen LogP contribution is 2.25.